The quantitative estimate of drug-likeness (QED) is 0.513. The van der Waals surface area contributed by atoms with Crippen molar-refractivity contribution < 1.29 is 19.6 Å². The number of amides is 1. The highest BCUT2D eigenvalue weighted by molar-refractivity contribution is 8.18. The molecule has 1 heterocycles. The Kier molecular flexibility index (Phi) is 4.89. The molecule has 1 aliphatic rings. The molecule has 122 valence electrons. The number of nitro groups is 1. The maximum absolute atomic E-state index is 12.1. The molecular weight excluding hydrogens is 322 g/mol. The lowest BCUT2D eigenvalue weighted by Gasteiger charge is -2.08. The summed E-state index contributed by atoms with van der Waals surface area (Å²) in [5.41, 5.74) is -0.0875. The third kappa shape index (κ3) is 3.29. The van der Waals surface area contributed by atoms with E-state index in [0.29, 0.717) is 10.1 Å². The van der Waals surface area contributed by atoms with E-state index < -0.39 is 4.92 Å². The van der Waals surface area contributed by atoms with Crippen LogP contribution in [0.15, 0.2) is 22.0 Å². The molecular formula is C14H15N3O5S. The first kappa shape index (κ1) is 16.8. The molecule has 1 aromatic rings. The van der Waals surface area contributed by atoms with Crippen LogP contribution in [0, 0.1) is 10.1 Å². The Morgan fingerprint density at radius 1 is 1.52 bits per heavy atom. The van der Waals surface area contributed by atoms with E-state index >= 15 is 0 Å². The van der Waals surface area contributed by atoms with E-state index in [2.05, 4.69) is 4.99 Å². The van der Waals surface area contributed by atoms with E-state index in [0.717, 1.165) is 17.8 Å². The maximum Gasteiger partial charge on any atom is 0.274 e. The number of hydrogen-bond donors (Lipinski definition) is 1. The van der Waals surface area contributed by atoms with Gasteiger partial charge in [0, 0.05) is 25.7 Å². The summed E-state index contributed by atoms with van der Waals surface area (Å²) in [5.74, 6) is -0.538. The molecule has 8 nitrogen and oxygen atoms in total. The highest BCUT2D eigenvalue weighted by Crippen LogP contribution is 2.39. The molecule has 0 atom stereocenters. The van der Waals surface area contributed by atoms with Crippen LogP contribution < -0.4 is 4.74 Å². The number of thioether (sulfide) groups is 1. The molecule has 0 bridgehead atoms. The fourth-order valence-electron chi connectivity index (χ4n) is 1.99. The van der Waals surface area contributed by atoms with Crippen LogP contribution in [-0.2, 0) is 4.79 Å². The van der Waals surface area contributed by atoms with Gasteiger partial charge in [0.05, 0.1) is 22.5 Å². The molecule has 0 spiro atoms. The first-order chi connectivity index (χ1) is 10.9. The summed E-state index contributed by atoms with van der Waals surface area (Å²) in [6, 6.07) is 2.34. The van der Waals surface area contributed by atoms with Crippen LogP contribution in [0.25, 0.3) is 6.08 Å². The minimum Gasteiger partial charge on any atom is -0.504 e. The molecule has 23 heavy (non-hydrogen) atoms. The van der Waals surface area contributed by atoms with Gasteiger partial charge in [-0.2, -0.15) is 0 Å². The van der Waals surface area contributed by atoms with Gasteiger partial charge < -0.3 is 9.84 Å². The smallest absolute Gasteiger partial charge is 0.274 e. The molecule has 0 aliphatic carbocycles. The average Bonchev–Trinajstić information content (AvgIpc) is 2.78. The first-order valence-electron chi connectivity index (χ1n) is 6.67. The fourth-order valence-corrected chi connectivity index (χ4v) is 2.90. The van der Waals surface area contributed by atoms with Crippen LogP contribution in [0.4, 0.5) is 5.69 Å². The number of amidine groups is 1. The van der Waals surface area contributed by atoms with Gasteiger partial charge in [-0.3, -0.25) is 24.8 Å². The molecule has 1 N–H and O–H groups in total. The van der Waals surface area contributed by atoms with Gasteiger partial charge in [-0.15, -0.1) is 0 Å². The summed E-state index contributed by atoms with van der Waals surface area (Å²) in [6.45, 7) is 1.94. The van der Waals surface area contributed by atoms with Crippen molar-refractivity contribution >= 4 is 34.6 Å². The van der Waals surface area contributed by atoms with Gasteiger partial charge in [-0.05, 0) is 24.8 Å². The number of nitrogens with zero attached hydrogens (tertiary/aromatic N) is 3. The molecule has 0 saturated carbocycles. The second-order valence-corrected chi connectivity index (χ2v) is 5.56. The van der Waals surface area contributed by atoms with Crippen molar-refractivity contribution in [3.8, 4) is 11.5 Å². The zero-order valence-electron chi connectivity index (χ0n) is 12.8. The minimum atomic E-state index is -0.585. The van der Waals surface area contributed by atoms with Crippen molar-refractivity contribution in [3.63, 3.8) is 0 Å². The third-order valence-electron chi connectivity index (χ3n) is 3.08. The van der Waals surface area contributed by atoms with Gasteiger partial charge in [-0.25, -0.2) is 0 Å². The largest absolute Gasteiger partial charge is 0.504 e. The molecule has 1 aliphatic heterocycles. The number of nitro benzene ring substituents is 1. The van der Waals surface area contributed by atoms with Gasteiger partial charge in [-0.1, -0.05) is 0 Å². The van der Waals surface area contributed by atoms with Gasteiger partial charge in [0.25, 0.3) is 11.6 Å². The van der Waals surface area contributed by atoms with Crippen molar-refractivity contribution in [2.24, 2.45) is 4.99 Å². The Morgan fingerprint density at radius 2 is 2.22 bits per heavy atom. The van der Waals surface area contributed by atoms with Gasteiger partial charge >= 0.3 is 0 Å². The van der Waals surface area contributed by atoms with Crippen molar-refractivity contribution in [1.82, 2.24) is 4.90 Å². The highest BCUT2D eigenvalue weighted by Gasteiger charge is 2.30. The molecule has 0 aromatic heterocycles. The molecule has 1 saturated heterocycles. The van der Waals surface area contributed by atoms with E-state index in [9.17, 15) is 20.0 Å². The summed E-state index contributed by atoms with van der Waals surface area (Å²) in [4.78, 5) is 28.2. The minimum absolute atomic E-state index is 0.00160. The molecule has 1 fully saturated rings. The molecule has 0 radical (unpaired) electrons. The van der Waals surface area contributed by atoms with Crippen LogP contribution in [0.5, 0.6) is 11.5 Å². The molecule has 1 aromatic carbocycles. The number of benzene rings is 1. The molecule has 0 unspecified atom stereocenters. The number of hydrogen-bond acceptors (Lipinski definition) is 7. The summed E-state index contributed by atoms with van der Waals surface area (Å²) in [6.07, 6.45) is 1.40. The van der Waals surface area contributed by atoms with Crippen LogP contribution in [0.1, 0.15) is 12.5 Å². The normalized spacial score (nSPS) is 18.0. The topological polar surface area (TPSA) is 105 Å². The SMILES string of the molecule is CCOc1cc([N+](=O)[O-])cc(/C=C2\SC(=NC)N(C)C2=O)c1O. The fraction of sp³-hybridized carbons (Fsp3) is 0.286. The van der Waals surface area contributed by atoms with Crippen LogP contribution in [-0.4, -0.2) is 46.7 Å². The van der Waals surface area contributed by atoms with E-state index in [-0.39, 0.29) is 35.3 Å². The van der Waals surface area contributed by atoms with Crippen LogP contribution in [0.3, 0.4) is 0 Å². The Balaban J connectivity index is 2.53. The molecule has 1 amide bonds. The second-order valence-electron chi connectivity index (χ2n) is 4.55. The summed E-state index contributed by atoms with van der Waals surface area (Å²) >= 11 is 1.13. The lowest BCUT2D eigenvalue weighted by molar-refractivity contribution is -0.385. The molecule has 2 rings (SSSR count). The first-order valence-corrected chi connectivity index (χ1v) is 7.49. The van der Waals surface area contributed by atoms with Crippen molar-refractivity contribution in [1.29, 1.82) is 0 Å². The Labute approximate surface area is 136 Å². The summed E-state index contributed by atoms with van der Waals surface area (Å²) in [5, 5.41) is 21.7. The lowest BCUT2D eigenvalue weighted by atomic mass is 10.1. The third-order valence-corrected chi connectivity index (χ3v) is 4.23. The number of carbonyl (C=O) groups excluding carboxylic acids is 1. The number of aromatic hydroxyl groups is 1. The number of carbonyl (C=O) groups is 1. The standard InChI is InChI=1S/C14H15N3O5S/c1-4-22-10-7-9(17(20)21)5-8(12(10)18)6-11-13(19)16(3)14(15-2)23-11/h5-7,18H,4H2,1-3H3/b11-6-,15-14?. The van der Waals surface area contributed by atoms with E-state index in [1.165, 1.54) is 17.0 Å². The van der Waals surface area contributed by atoms with Crippen molar-refractivity contribution in [3.05, 3.63) is 32.7 Å². The summed E-state index contributed by atoms with van der Waals surface area (Å²) < 4.78 is 5.21. The van der Waals surface area contributed by atoms with Gasteiger partial charge in [0.1, 0.15) is 0 Å². The van der Waals surface area contributed by atoms with E-state index in [1.54, 1.807) is 21.0 Å². The summed E-state index contributed by atoms with van der Waals surface area (Å²) in [7, 11) is 3.14. The predicted octanol–water partition coefficient (Wildman–Crippen LogP) is 2.23. The number of aliphatic imine (C=N–C) groups is 1. The zero-order valence-corrected chi connectivity index (χ0v) is 13.6. The Bertz CT molecular complexity index is 729. The number of phenols is 1. The number of likely N-dealkylation sites (N-methyl/N-ethyl adjacent to an activating group) is 1. The second kappa shape index (κ2) is 6.69. The van der Waals surface area contributed by atoms with Crippen molar-refractivity contribution in [2.75, 3.05) is 20.7 Å². The molecule has 9 heteroatoms. The number of phenolic OH excluding ortho intramolecular Hbond substituents is 1. The van der Waals surface area contributed by atoms with Crippen LogP contribution in [0.2, 0.25) is 0 Å². The van der Waals surface area contributed by atoms with E-state index in [1.807, 2.05) is 0 Å². The van der Waals surface area contributed by atoms with Gasteiger partial charge in [0.15, 0.2) is 16.7 Å². The van der Waals surface area contributed by atoms with E-state index in [4.69, 9.17) is 4.74 Å². The lowest BCUT2D eigenvalue weighted by Crippen LogP contribution is -2.23. The Hall–Kier alpha value is -2.55. The Morgan fingerprint density at radius 3 is 2.74 bits per heavy atom. The van der Waals surface area contributed by atoms with Crippen LogP contribution >= 0.6 is 11.8 Å². The number of non-ortho nitro benzene ring substituents is 1. The maximum atomic E-state index is 12.1. The zero-order chi connectivity index (χ0) is 17.1. The number of rotatable bonds is 4. The van der Waals surface area contributed by atoms with Gasteiger partial charge in [0.2, 0.25) is 0 Å². The predicted molar refractivity (Wildman–Crippen MR) is 87.6 cm³/mol. The monoisotopic (exact) mass is 337 g/mol. The average molecular weight is 337 g/mol. The van der Waals surface area contributed by atoms with Crippen molar-refractivity contribution in [2.45, 2.75) is 6.92 Å². The highest BCUT2D eigenvalue weighted by atomic mass is 32.2. The number of ether oxygens (including phenoxy) is 1.